The molecule has 0 bridgehead atoms. The molecule has 0 aromatic carbocycles. The van der Waals surface area contributed by atoms with Crippen molar-refractivity contribution in [1.82, 2.24) is 10.6 Å². The average molecular weight is 359 g/mol. The van der Waals surface area contributed by atoms with Crippen molar-refractivity contribution in [2.75, 3.05) is 0 Å². The Morgan fingerprint density at radius 1 is 1.25 bits per heavy atom. The van der Waals surface area contributed by atoms with E-state index in [9.17, 15) is 4.79 Å². The standard InChI is InChI=1S/C14H19BrN2O2S/c15-13-6-5-12(20-13)10-7-11(10)16-8-1-3-9(4-2-8)17-14(18)19/h5-6,8-11,16-17H,1-4,7H2,(H,18,19)/t8?,9?,10-,11-/m1/s1. The van der Waals surface area contributed by atoms with Crippen LogP contribution < -0.4 is 10.6 Å². The van der Waals surface area contributed by atoms with Gasteiger partial charge >= 0.3 is 6.09 Å². The average Bonchev–Trinajstić information content (AvgIpc) is 3.03. The fourth-order valence-corrected chi connectivity index (χ4v) is 4.71. The molecule has 1 amide bonds. The highest BCUT2D eigenvalue weighted by Gasteiger charge is 2.40. The van der Waals surface area contributed by atoms with Crippen LogP contribution in [0.2, 0.25) is 0 Å². The fourth-order valence-electron chi connectivity index (χ4n) is 3.10. The molecule has 4 nitrogen and oxygen atoms in total. The monoisotopic (exact) mass is 358 g/mol. The first-order valence-corrected chi connectivity index (χ1v) is 8.73. The van der Waals surface area contributed by atoms with Gasteiger partial charge < -0.3 is 15.7 Å². The highest BCUT2D eigenvalue weighted by Crippen LogP contribution is 2.45. The molecule has 2 saturated carbocycles. The molecule has 0 radical (unpaired) electrons. The largest absolute Gasteiger partial charge is 0.465 e. The summed E-state index contributed by atoms with van der Waals surface area (Å²) < 4.78 is 1.21. The lowest BCUT2D eigenvalue weighted by Gasteiger charge is -2.29. The summed E-state index contributed by atoms with van der Waals surface area (Å²) in [5, 5.41) is 15.1. The normalized spacial score (nSPS) is 32.9. The van der Waals surface area contributed by atoms with Gasteiger partial charge in [0, 0.05) is 28.9 Å². The Kier molecular flexibility index (Phi) is 4.33. The predicted octanol–water partition coefficient (Wildman–Crippen LogP) is 3.53. The first kappa shape index (κ1) is 14.4. The van der Waals surface area contributed by atoms with Crippen LogP contribution in [0.4, 0.5) is 4.79 Å². The fraction of sp³-hybridized carbons (Fsp3) is 0.643. The van der Waals surface area contributed by atoms with Gasteiger partial charge in [0.1, 0.15) is 0 Å². The zero-order chi connectivity index (χ0) is 14.1. The van der Waals surface area contributed by atoms with E-state index in [-0.39, 0.29) is 6.04 Å². The second kappa shape index (κ2) is 6.03. The van der Waals surface area contributed by atoms with Crippen molar-refractivity contribution < 1.29 is 9.90 Å². The zero-order valence-corrected chi connectivity index (χ0v) is 13.5. The predicted molar refractivity (Wildman–Crippen MR) is 83.5 cm³/mol. The van der Waals surface area contributed by atoms with Gasteiger partial charge in [-0.05, 0) is 60.2 Å². The highest BCUT2D eigenvalue weighted by molar-refractivity contribution is 9.11. The molecule has 0 aliphatic heterocycles. The Morgan fingerprint density at radius 3 is 2.55 bits per heavy atom. The van der Waals surface area contributed by atoms with Gasteiger partial charge in [0.05, 0.1) is 3.79 Å². The van der Waals surface area contributed by atoms with Crippen LogP contribution in [-0.4, -0.2) is 29.3 Å². The molecule has 0 saturated heterocycles. The highest BCUT2D eigenvalue weighted by atomic mass is 79.9. The molecule has 0 spiro atoms. The van der Waals surface area contributed by atoms with Crippen LogP contribution in [0, 0.1) is 0 Å². The number of carboxylic acid groups (broad SMARTS) is 1. The van der Waals surface area contributed by atoms with Gasteiger partial charge in [-0.25, -0.2) is 4.79 Å². The van der Waals surface area contributed by atoms with E-state index in [1.54, 1.807) is 0 Å². The van der Waals surface area contributed by atoms with E-state index in [0.717, 1.165) is 25.7 Å². The Labute approximate surface area is 131 Å². The molecule has 3 N–H and O–H groups in total. The van der Waals surface area contributed by atoms with Crippen molar-refractivity contribution >= 4 is 33.4 Å². The summed E-state index contributed by atoms with van der Waals surface area (Å²) in [6, 6.07) is 5.66. The quantitative estimate of drug-likeness (QED) is 0.771. The molecular formula is C14H19BrN2O2S. The van der Waals surface area contributed by atoms with Crippen LogP contribution in [0.1, 0.15) is 42.9 Å². The summed E-state index contributed by atoms with van der Waals surface area (Å²) in [4.78, 5) is 12.1. The minimum Gasteiger partial charge on any atom is -0.465 e. The molecule has 3 rings (SSSR count). The van der Waals surface area contributed by atoms with Gasteiger partial charge in [-0.15, -0.1) is 11.3 Å². The minimum atomic E-state index is -0.896. The van der Waals surface area contributed by atoms with Gasteiger partial charge in [0.25, 0.3) is 0 Å². The second-order valence-electron chi connectivity index (χ2n) is 5.76. The number of thiophene rings is 1. The van der Waals surface area contributed by atoms with E-state index >= 15 is 0 Å². The third-order valence-electron chi connectivity index (χ3n) is 4.25. The summed E-state index contributed by atoms with van der Waals surface area (Å²) in [7, 11) is 0. The van der Waals surface area contributed by atoms with Crippen molar-refractivity contribution in [3.05, 3.63) is 20.8 Å². The Bertz CT molecular complexity index is 485. The zero-order valence-electron chi connectivity index (χ0n) is 11.1. The van der Waals surface area contributed by atoms with E-state index in [4.69, 9.17) is 5.11 Å². The molecule has 20 heavy (non-hydrogen) atoms. The summed E-state index contributed by atoms with van der Waals surface area (Å²) in [6.45, 7) is 0. The summed E-state index contributed by atoms with van der Waals surface area (Å²) >= 11 is 5.35. The van der Waals surface area contributed by atoms with E-state index in [0.29, 0.717) is 18.0 Å². The van der Waals surface area contributed by atoms with Gasteiger partial charge in [-0.2, -0.15) is 0 Å². The first-order chi connectivity index (χ1) is 9.61. The Hall–Kier alpha value is -0.590. The minimum absolute atomic E-state index is 0.147. The molecule has 1 heterocycles. The van der Waals surface area contributed by atoms with Gasteiger partial charge in [0.2, 0.25) is 0 Å². The topological polar surface area (TPSA) is 61.4 Å². The smallest absolute Gasteiger partial charge is 0.404 e. The number of amides is 1. The lowest BCUT2D eigenvalue weighted by atomic mass is 9.91. The maximum absolute atomic E-state index is 10.6. The van der Waals surface area contributed by atoms with Crippen molar-refractivity contribution in [2.45, 2.75) is 56.1 Å². The van der Waals surface area contributed by atoms with E-state index in [1.165, 1.54) is 15.1 Å². The number of carbonyl (C=O) groups is 1. The third-order valence-corrected chi connectivity index (χ3v) is 6.01. The SMILES string of the molecule is O=C(O)NC1CCC(N[C@@H]2C[C@H]2c2ccc(Br)s2)CC1. The van der Waals surface area contributed by atoms with Crippen LogP contribution in [-0.2, 0) is 0 Å². The molecule has 0 unspecified atom stereocenters. The molecule has 2 atom stereocenters. The molecule has 6 heteroatoms. The molecule has 2 aliphatic rings. The summed E-state index contributed by atoms with van der Waals surface area (Å²) in [6.07, 6.45) is 4.38. The van der Waals surface area contributed by atoms with Crippen LogP contribution in [0.3, 0.4) is 0 Å². The van der Waals surface area contributed by atoms with Crippen molar-refractivity contribution in [2.24, 2.45) is 0 Å². The van der Waals surface area contributed by atoms with Gasteiger partial charge in [-0.3, -0.25) is 0 Å². The number of hydrogen-bond acceptors (Lipinski definition) is 3. The van der Waals surface area contributed by atoms with Crippen molar-refractivity contribution in [1.29, 1.82) is 0 Å². The Morgan fingerprint density at radius 2 is 1.95 bits per heavy atom. The lowest BCUT2D eigenvalue weighted by Crippen LogP contribution is -2.42. The second-order valence-corrected chi connectivity index (χ2v) is 8.25. The number of nitrogens with one attached hydrogen (secondary N) is 2. The molecule has 110 valence electrons. The van der Waals surface area contributed by atoms with E-state index < -0.39 is 6.09 Å². The Balaban J connectivity index is 1.42. The first-order valence-electron chi connectivity index (χ1n) is 7.12. The van der Waals surface area contributed by atoms with Gasteiger partial charge in [-0.1, -0.05) is 0 Å². The number of rotatable bonds is 4. The van der Waals surface area contributed by atoms with Crippen LogP contribution in [0.5, 0.6) is 0 Å². The van der Waals surface area contributed by atoms with E-state index in [1.807, 2.05) is 11.3 Å². The molecule has 1 aromatic rings. The maximum atomic E-state index is 10.6. The molecule has 2 fully saturated rings. The van der Waals surface area contributed by atoms with Crippen molar-refractivity contribution in [3.8, 4) is 0 Å². The lowest BCUT2D eigenvalue weighted by molar-refractivity contribution is 0.183. The molecular weight excluding hydrogens is 340 g/mol. The molecule has 1 aromatic heterocycles. The van der Waals surface area contributed by atoms with Gasteiger partial charge in [0.15, 0.2) is 0 Å². The van der Waals surface area contributed by atoms with Crippen LogP contribution in [0.15, 0.2) is 15.9 Å². The summed E-state index contributed by atoms with van der Waals surface area (Å²) in [5.41, 5.74) is 0. The summed E-state index contributed by atoms with van der Waals surface area (Å²) in [5.74, 6) is 0.682. The van der Waals surface area contributed by atoms with Crippen LogP contribution >= 0.6 is 27.3 Å². The van der Waals surface area contributed by atoms with E-state index in [2.05, 4.69) is 38.7 Å². The third kappa shape index (κ3) is 3.54. The van der Waals surface area contributed by atoms with Crippen molar-refractivity contribution in [3.63, 3.8) is 0 Å². The number of halogens is 1. The van der Waals surface area contributed by atoms with Crippen LogP contribution in [0.25, 0.3) is 0 Å². The number of hydrogen-bond donors (Lipinski definition) is 3. The molecule has 2 aliphatic carbocycles. The maximum Gasteiger partial charge on any atom is 0.404 e.